The number of amides is 2. The summed E-state index contributed by atoms with van der Waals surface area (Å²) < 4.78 is 10.9. The van der Waals surface area contributed by atoms with Crippen LogP contribution in [0.25, 0.3) is 0 Å². The largest absolute Gasteiger partial charge is 0.490 e. The molecule has 1 aromatic rings. The molecule has 0 atom stereocenters. The molecular formula is C12H16ClN3O3. The number of hydrazone groups is 1. The van der Waals surface area contributed by atoms with Gasteiger partial charge in [0, 0.05) is 0 Å². The molecule has 6 nitrogen and oxygen atoms in total. The number of carbonyl (C=O) groups excluding carboxylic acids is 1. The van der Waals surface area contributed by atoms with Crippen molar-refractivity contribution in [1.82, 2.24) is 5.43 Å². The Hall–Kier alpha value is -1.95. The average Bonchev–Trinajstić information content (AvgIpc) is 2.33. The van der Waals surface area contributed by atoms with Crippen molar-refractivity contribution in [3.63, 3.8) is 0 Å². The molecule has 7 heteroatoms. The summed E-state index contributed by atoms with van der Waals surface area (Å²) in [5.74, 6) is 1.02. The number of halogens is 1. The quantitative estimate of drug-likeness (QED) is 0.620. The molecule has 0 aliphatic heterocycles. The predicted molar refractivity (Wildman–Crippen MR) is 74.1 cm³/mol. The van der Waals surface area contributed by atoms with E-state index >= 15 is 0 Å². The van der Waals surface area contributed by atoms with Crippen molar-refractivity contribution in [2.24, 2.45) is 10.8 Å². The number of rotatable bonds is 6. The number of nitrogens with one attached hydrogen (secondary N) is 1. The highest BCUT2D eigenvalue weighted by atomic mass is 35.5. The molecule has 0 unspecified atom stereocenters. The minimum Gasteiger partial charge on any atom is -0.490 e. The first-order valence-corrected chi connectivity index (χ1v) is 6.13. The maximum atomic E-state index is 10.5. The van der Waals surface area contributed by atoms with Crippen LogP contribution >= 0.6 is 11.6 Å². The number of hydrogen-bond donors (Lipinski definition) is 2. The topological polar surface area (TPSA) is 85.9 Å². The fourth-order valence-electron chi connectivity index (χ4n) is 1.38. The van der Waals surface area contributed by atoms with Crippen LogP contribution in [0.1, 0.15) is 19.4 Å². The third kappa shape index (κ3) is 4.67. The lowest BCUT2D eigenvalue weighted by molar-refractivity contribution is 0.249. The predicted octanol–water partition coefficient (Wildman–Crippen LogP) is 2.14. The maximum Gasteiger partial charge on any atom is 0.332 e. The minimum atomic E-state index is -0.738. The van der Waals surface area contributed by atoms with E-state index < -0.39 is 6.03 Å². The van der Waals surface area contributed by atoms with Crippen molar-refractivity contribution in [3.8, 4) is 11.5 Å². The summed E-state index contributed by atoms with van der Waals surface area (Å²) in [7, 11) is 0. The summed E-state index contributed by atoms with van der Waals surface area (Å²) >= 11 is 6.11. The van der Waals surface area contributed by atoms with Crippen molar-refractivity contribution in [1.29, 1.82) is 0 Å². The Bertz CT molecular complexity index is 478. The Morgan fingerprint density at radius 2 is 2.11 bits per heavy atom. The summed E-state index contributed by atoms with van der Waals surface area (Å²) in [5.41, 5.74) is 7.65. The van der Waals surface area contributed by atoms with Crippen LogP contribution in [0.4, 0.5) is 4.79 Å². The zero-order valence-electron chi connectivity index (χ0n) is 10.8. The molecule has 0 aliphatic carbocycles. The fraction of sp³-hybridized carbons (Fsp3) is 0.333. The summed E-state index contributed by atoms with van der Waals surface area (Å²) in [4.78, 5) is 10.5. The SMILES string of the molecule is CCOc1cc(/C=N\NC(N)=O)cc(Cl)c1OCC. The van der Waals surface area contributed by atoms with E-state index in [4.69, 9.17) is 26.8 Å². The molecule has 3 N–H and O–H groups in total. The summed E-state index contributed by atoms with van der Waals surface area (Å²) in [6.07, 6.45) is 1.41. The maximum absolute atomic E-state index is 10.5. The van der Waals surface area contributed by atoms with Gasteiger partial charge in [0.2, 0.25) is 0 Å². The number of primary amides is 1. The molecule has 0 saturated carbocycles. The Kier molecular flexibility index (Phi) is 5.95. The van der Waals surface area contributed by atoms with E-state index in [1.807, 2.05) is 13.8 Å². The van der Waals surface area contributed by atoms with Crippen molar-refractivity contribution >= 4 is 23.8 Å². The van der Waals surface area contributed by atoms with Crippen LogP contribution in [0, 0.1) is 0 Å². The summed E-state index contributed by atoms with van der Waals surface area (Å²) in [6.45, 7) is 4.68. The molecule has 0 aromatic heterocycles. The van der Waals surface area contributed by atoms with Gasteiger partial charge in [0.05, 0.1) is 24.5 Å². The molecule has 0 radical (unpaired) electrons. The van der Waals surface area contributed by atoms with Gasteiger partial charge in [-0.25, -0.2) is 10.2 Å². The average molecular weight is 286 g/mol. The Labute approximate surface area is 116 Å². The normalized spacial score (nSPS) is 10.5. The molecule has 19 heavy (non-hydrogen) atoms. The standard InChI is InChI=1S/C12H16ClN3O3/c1-3-18-10-6-8(7-15-16-12(14)17)5-9(13)11(10)19-4-2/h5-7H,3-4H2,1-2H3,(H3,14,16,17)/b15-7-. The molecule has 0 bridgehead atoms. The zero-order valence-corrected chi connectivity index (χ0v) is 11.5. The Balaban J connectivity index is 3.01. The van der Waals surface area contributed by atoms with Crippen LogP contribution in [0.15, 0.2) is 17.2 Å². The van der Waals surface area contributed by atoms with Crippen LogP contribution in [0.3, 0.4) is 0 Å². The van der Waals surface area contributed by atoms with Crippen molar-refractivity contribution in [2.75, 3.05) is 13.2 Å². The van der Waals surface area contributed by atoms with Crippen LogP contribution in [-0.2, 0) is 0 Å². The fourth-order valence-corrected chi connectivity index (χ4v) is 1.65. The lowest BCUT2D eigenvalue weighted by Gasteiger charge is -2.13. The molecule has 0 aliphatic rings. The monoisotopic (exact) mass is 285 g/mol. The molecule has 1 rings (SSSR count). The number of benzene rings is 1. The van der Waals surface area contributed by atoms with Gasteiger partial charge >= 0.3 is 6.03 Å². The highest BCUT2D eigenvalue weighted by Crippen LogP contribution is 2.36. The second-order valence-electron chi connectivity index (χ2n) is 3.43. The number of ether oxygens (including phenoxy) is 2. The number of hydrogen-bond acceptors (Lipinski definition) is 4. The van der Waals surface area contributed by atoms with Gasteiger partial charge in [-0.15, -0.1) is 0 Å². The van der Waals surface area contributed by atoms with Gasteiger partial charge < -0.3 is 15.2 Å². The molecule has 0 heterocycles. The first-order chi connectivity index (χ1) is 9.08. The van der Waals surface area contributed by atoms with E-state index in [0.29, 0.717) is 35.3 Å². The second-order valence-corrected chi connectivity index (χ2v) is 3.84. The highest BCUT2D eigenvalue weighted by Gasteiger charge is 2.11. The van der Waals surface area contributed by atoms with Gasteiger partial charge in [0.15, 0.2) is 11.5 Å². The van der Waals surface area contributed by atoms with Crippen LogP contribution in [-0.4, -0.2) is 25.5 Å². The van der Waals surface area contributed by atoms with E-state index in [2.05, 4.69) is 10.5 Å². The van der Waals surface area contributed by atoms with Gasteiger partial charge in [-0.05, 0) is 31.5 Å². The van der Waals surface area contributed by atoms with Crippen LogP contribution in [0.5, 0.6) is 11.5 Å². The number of carbonyl (C=O) groups is 1. The van der Waals surface area contributed by atoms with Crippen molar-refractivity contribution < 1.29 is 14.3 Å². The number of urea groups is 1. The first kappa shape index (κ1) is 15.1. The number of nitrogens with zero attached hydrogens (tertiary/aromatic N) is 1. The molecule has 0 fully saturated rings. The number of nitrogens with two attached hydrogens (primary N) is 1. The van der Waals surface area contributed by atoms with Gasteiger partial charge in [-0.1, -0.05) is 11.6 Å². The van der Waals surface area contributed by atoms with Crippen molar-refractivity contribution in [2.45, 2.75) is 13.8 Å². The lowest BCUT2D eigenvalue weighted by atomic mass is 10.2. The summed E-state index contributed by atoms with van der Waals surface area (Å²) in [5, 5.41) is 4.07. The van der Waals surface area contributed by atoms with Crippen molar-refractivity contribution in [3.05, 3.63) is 22.7 Å². The summed E-state index contributed by atoms with van der Waals surface area (Å²) in [6, 6.07) is 2.63. The van der Waals surface area contributed by atoms with E-state index in [0.717, 1.165) is 0 Å². The lowest BCUT2D eigenvalue weighted by Crippen LogP contribution is -2.24. The smallest absolute Gasteiger partial charge is 0.332 e. The molecule has 0 saturated heterocycles. The van der Waals surface area contributed by atoms with Gasteiger partial charge in [0.25, 0.3) is 0 Å². The highest BCUT2D eigenvalue weighted by molar-refractivity contribution is 6.32. The van der Waals surface area contributed by atoms with Gasteiger partial charge in [-0.3, -0.25) is 0 Å². The Morgan fingerprint density at radius 3 is 2.68 bits per heavy atom. The van der Waals surface area contributed by atoms with E-state index in [1.54, 1.807) is 12.1 Å². The van der Waals surface area contributed by atoms with Crippen LogP contribution < -0.4 is 20.6 Å². The minimum absolute atomic E-state index is 0.410. The third-order valence-electron chi connectivity index (χ3n) is 2.01. The van der Waals surface area contributed by atoms with E-state index in [1.165, 1.54) is 6.21 Å². The first-order valence-electron chi connectivity index (χ1n) is 5.76. The van der Waals surface area contributed by atoms with E-state index in [9.17, 15) is 4.79 Å². The van der Waals surface area contributed by atoms with Gasteiger partial charge in [0.1, 0.15) is 0 Å². The molecule has 0 spiro atoms. The zero-order chi connectivity index (χ0) is 14.3. The third-order valence-corrected chi connectivity index (χ3v) is 2.29. The Morgan fingerprint density at radius 1 is 1.42 bits per heavy atom. The molecule has 1 aromatic carbocycles. The van der Waals surface area contributed by atoms with E-state index in [-0.39, 0.29) is 0 Å². The van der Waals surface area contributed by atoms with Gasteiger partial charge in [-0.2, -0.15) is 5.10 Å². The molecule has 104 valence electrons. The van der Waals surface area contributed by atoms with Crippen LogP contribution in [0.2, 0.25) is 5.02 Å². The molecule has 2 amide bonds. The second kappa shape index (κ2) is 7.48. The molecular weight excluding hydrogens is 270 g/mol.